The normalized spacial score (nSPS) is 36.3. The lowest BCUT2D eigenvalue weighted by Crippen LogP contribution is -2.61. The summed E-state index contributed by atoms with van der Waals surface area (Å²) in [5.41, 5.74) is 0. The van der Waals surface area contributed by atoms with Gasteiger partial charge in [-0.3, -0.25) is 20.3 Å². The third kappa shape index (κ3) is 0.748. The Labute approximate surface area is 70.1 Å². The zero-order valence-electron chi connectivity index (χ0n) is 6.86. The number of carbonyl (C=O) groups excluding carboxylic acids is 2. The second-order valence-corrected chi connectivity index (χ2v) is 3.29. The van der Waals surface area contributed by atoms with Crippen LogP contribution in [0.15, 0.2) is 0 Å². The predicted molar refractivity (Wildman–Crippen MR) is 40.6 cm³/mol. The van der Waals surface area contributed by atoms with Crippen molar-refractivity contribution in [3.63, 3.8) is 0 Å². The molecule has 2 rings (SSSR count). The summed E-state index contributed by atoms with van der Waals surface area (Å²) in [6.45, 7) is 0. The Morgan fingerprint density at radius 2 is 1.67 bits per heavy atom. The van der Waals surface area contributed by atoms with E-state index in [9.17, 15) is 9.59 Å². The summed E-state index contributed by atoms with van der Waals surface area (Å²) < 4.78 is 0. The van der Waals surface area contributed by atoms with Crippen LogP contribution in [0, 0.1) is 0 Å². The summed E-state index contributed by atoms with van der Waals surface area (Å²) in [4.78, 5) is 24.0. The minimum Gasteiger partial charge on any atom is -0.283 e. The SMILES string of the molecule is CN1C(=O)C2CCC(C1=O)N2N. The molecule has 0 aliphatic carbocycles. The van der Waals surface area contributed by atoms with Crippen molar-refractivity contribution in [2.24, 2.45) is 5.84 Å². The summed E-state index contributed by atoms with van der Waals surface area (Å²) in [6, 6.07) is -0.532. The van der Waals surface area contributed by atoms with E-state index < -0.39 is 0 Å². The summed E-state index contributed by atoms with van der Waals surface area (Å²) in [6.07, 6.45) is 1.41. The van der Waals surface area contributed by atoms with Crippen molar-refractivity contribution >= 4 is 11.8 Å². The highest BCUT2D eigenvalue weighted by atomic mass is 16.2. The lowest BCUT2D eigenvalue weighted by molar-refractivity contribution is -0.155. The van der Waals surface area contributed by atoms with Gasteiger partial charge in [-0.05, 0) is 12.8 Å². The molecule has 12 heavy (non-hydrogen) atoms. The molecular formula is C7H11N3O2. The molecule has 2 unspecified atom stereocenters. The van der Waals surface area contributed by atoms with Crippen LogP contribution in [0.3, 0.4) is 0 Å². The minimum atomic E-state index is -0.266. The number of carbonyl (C=O) groups is 2. The van der Waals surface area contributed by atoms with Crippen LogP contribution in [-0.4, -0.2) is 40.9 Å². The van der Waals surface area contributed by atoms with Crippen LogP contribution < -0.4 is 5.84 Å². The Morgan fingerprint density at radius 3 is 2.08 bits per heavy atom. The Morgan fingerprint density at radius 1 is 1.25 bits per heavy atom. The van der Waals surface area contributed by atoms with E-state index in [0.717, 1.165) is 0 Å². The zero-order chi connectivity index (χ0) is 8.88. The Balaban J connectivity index is 2.35. The second kappa shape index (κ2) is 2.27. The van der Waals surface area contributed by atoms with Crippen molar-refractivity contribution in [3.05, 3.63) is 0 Å². The number of rotatable bonds is 0. The molecular weight excluding hydrogens is 158 g/mol. The van der Waals surface area contributed by atoms with E-state index in [4.69, 9.17) is 5.84 Å². The van der Waals surface area contributed by atoms with E-state index >= 15 is 0 Å². The number of imide groups is 1. The molecule has 0 aromatic carbocycles. The van der Waals surface area contributed by atoms with Crippen LogP contribution in [0.4, 0.5) is 0 Å². The Hall–Kier alpha value is -0.940. The van der Waals surface area contributed by atoms with Gasteiger partial charge < -0.3 is 0 Å². The molecule has 0 radical (unpaired) electrons. The monoisotopic (exact) mass is 169 g/mol. The molecule has 66 valence electrons. The molecule has 2 heterocycles. The van der Waals surface area contributed by atoms with E-state index in [-0.39, 0.29) is 23.9 Å². The number of likely N-dealkylation sites (tertiary alicyclic amines) is 1. The van der Waals surface area contributed by atoms with E-state index in [1.165, 1.54) is 17.0 Å². The summed E-state index contributed by atoms with van der Waals surface area (Å²) in [7, 11) is 1.52. The van der Waals surface area contributed by atoms with Crippen molar-refractivity contribution < 1.29 is 9.59 Å². The molecule has 0 aromatic heterocycles. The first-order chi connectivity index (χ1) is 5.63. The van der Waals surface area contributed by atoms with Gasteiger partial charge in [0.2, 0.25) is 11.8 Å². The van der Waals surface area contributed by atoms with E-state index in [2.05, 4.69) is 0 Å². The van der Waals surface area contributed by atoms with E-state index in [0.29, 0.717) is 12.8 Å². The Bertz CT molecular complexity index is 229. The van der Waals surface area contributed by atoms with Gasteiger partial charge in [0.25, 0.3) is 0 Å². The number of hydrogen-bond acceptors (Lipinski definition) is 4. The average Bonchev–Trinajstić information content (AvgIpc) is 2.38. The minimum absolute atomic E-state index is 0.170. The molecule has 2 aliphatic rings. The lowest BCUT2D eigenvalue weighted by atomic mass is 10.2. The van der Waals surface area contributed by atoms with Gasteiger partial charge in [-0.1, -0.05) is 0 Å². The summed E-state index contributed by atoms with van der Waals surface area (Å²) in [5.74, 6) is 5.25. The number of nitrogens with zero attached hydrogens (tertiary/aromatic N) is 2. The van der Waals surface area contributed by atoms with Gasteiger partial charge in [-0.15, -0.1) is 0 Å². The molecule has 5 nitrogen and oxygen atoms in total. The van der Waals surface area contributed by atoms with Gasteiger partial charge in [0.15, 0.2) is 0 Å². The lowest BCUT2D eigenvalue weighted by Gasteiger charge is -2.33. The first kappa shape index (κ1) is 7.70. The molecule has 2 bridgehead atoms. The molecule has 2 amide bonds. The van der Waals surface area contributed by atoms with E-state index in [1.807, 2.05) is 0 Å². The fourth-order valence-electron chi connectivity index (χ4n) is 1.89. The van der Waals surface area contributed by atoms with Crippen molar-refractivity contribution in [2.45, 2.75) is 24.9 Å². The van der Waals surface area contributed by atoms with Crippen LogP contribution in [0.1, 0.15) is 12.8 Å². The van der Waals surface area contributed by atoms with Gasteiger partial charge >= 0.3 is 0 Å². The first-order valence-electron chi connectivity index (χ1n) is 3.97. The van der Waals surface area contributed by atoms with E-state index in [1.54, 1.807) is 0 Å². The van der Waals surface area contributed by atoms with Crippen LogP contribution in [-0.2, 0) is 9.59 Å². The van der Waals surface area contributed by atoms with Crippen molar-refractivity contribution in [1.29, 1.82) is 0 Å². The quantitative estimate of drug-likeness (QED) is 0.361. The van der Waals surface area contributed by atoms with Crippen molar-refractivity contribution in [2.75, 3.05) is 7.05 Å². The number of fused-ring (bicyclic) bond motifs is 2. The molecule has 5 heteroatoms. The van der Waals surface area contributed by atoms with Crippen LogP contribution in [0.5, 0.6) is 0 Å². The van der Waals surface area contributed by atoms with Crippen LogP contribution in [0.2, 0.25) is 0 Å². The number of piperazine rings is 1. The number of hydrogen-bond donors (Lipinski definition) is 1. The highest BCUT2D eigenvalue weighted by Gasteiger charge is 2.48. The predicted octanol–water partition coefficient (Wildman–Crippen LogP) is -1.31. The van der Waals surface area contributed by atoms with Gasteiger partial charge in [0.05, 0.1) is 0 Å². The highest BCUT2D eigenvalue weighted by Crippen LogP contribution is 2.27. The van der Waals surface area contributed by atoms with Gasteiger partial charge in [-0.2, -0.15) is 0 Å². The Kier molecular flexibility index (Phi) is 1.46. The molecule has 0 saturated carbocycles. The third-order valence-corrected chi connectivity index (χ3v) is 2.66. The average molecular weight is 169 g/mol. The largest absolute Gasteiger partial charge is 0.283 e. The summed E-state index contributed by atoms with van der Waals surface area (Å²) in [5, 5.41) is 1.39. The third-order valence-electron chi connectivity index (χ3n) is 2.66. The zero-order valence-corrected chi connectivity index (χ0v) is 6.86. The van der Waals surface area contributed by atoms with Crippen LogP contribution in [0.25, 0.3) is 0 Å². The maximum Gasteiger partial charge on any atom is 0.247 e. The molecule has 2 atom stereocenters. The molecule has 2 aliphatic heterocycles. The molecule has 2 saturated heterocycles. The molecule has 0 spiro atoms. The van der Waals surface area contributed by atoms with Gasteiger partial charge in [0, 0.05) is 7.05 Å². The number of likely N-dealkylation sites (N-methyl/N-ethyl adjacent to an activating group) is 1. The van der Waals surface area contributed by atoms with Crippen molar-refractivity contribution in [3.8, 4) is 0 Å². The smallest absolute Gasteiger partial charge is 0.247 e. The fourth-order valence-corrected chi connectivity index (χ4v) is 1.89. The second-order valence-electron chi connectivity index (χ2n) is 3.29. The van der Waals surface area contributed by atoms with Gasteiger partial charge in [-0.25, -0.2) is 5.01 Å². The molecule has 0 aromatic rings. The number of amides is 2. The first-order valence-corrected chi connectivity index (χ1v) is 3.97. The topological polar surface area (TPSA) is 66.6 Å². The highest BCUT2D eigenvalue weighted by molar-refractivity contribution is 6.03. The van der Waals surface area contributed by atoms with Crippen molar-refractivity contribution in [1.82, 2.24) is 9.91 Å². The molecule has 2 N–H and O–H groups in total. The maximum absolute atomic E-state index is 11.4. The number of hydrazine groups is 1. The fraction of sp³-hybridized carbons (Fsp3) is 0.714. The number of nitrogens with two attached hydrogens (primary N) is 1. The van der Waals surface area contributed by atoms with Gasteiger partial charge in [0.1, 0.15) is 12.1 Å². The standard InChI is InChI=1S/C7H11N3O2/c1-9-6(11)4-2-3-5(7(9)12)10(4)8/h4-5H,2-3,8H2,1H3. The summed E-state index contributed by atoms with van der Waals surface area (Å²) >= 11 is 0. The molecule has 2 fully saturated rings. The maximum atomic E-state index is 11.4. The van der Waals surface area contributed by atoms with Crippen LogP contribution >= 0.6 is 0 Å².